The van der Waals surface area contributed by atoms with Gasteiger partial charge in [0.2, 0.25) is 0 Å². The van der Waals surface area contributed by atoms with Gasteiger partial charge in [0, 0.05) is 16.7 Å². The van der Waals surface area contributed by atoms with Crippen LogP contribution in [0.3, 0.4) is 0 Å². The SMILES string of the molecule is c1ccc(-c2nc(-c3ccccc3)nc(-c3cccc(-c4ccc5ccc6c(c5c4)-c4ccccc4C6(c4ccccc4)c4ccccc4)c3)n2)cc1. The van der Waals surface area contributed by atoms with E-state index in [1.54, 1.807) is 0 Å². The number of benzene rings is 8. The summed E-state index contributed by atoms with van der Waals surface area (Å²) in [6.07, 6.45) is 0. The van der Waals surface area contributed by atoms with Crippen molar-refractivity contribution >= 4 is 10.8 Å². The van der Waals surface area contributed by atoms with Crippen molar-refractivity contribution in [2.45, 2.75) is 5.41 Å². The number of fused-ring (bicyclic) bond motifs is 5. The average Bonchev–Trinajstić information content (AvgIpc) is 3.56. The Kier molecular flexibility index (Phi) is 7.36. The molecule has 248 valence electrons. The summed E-state index contributed by atoms with van der Waals surface area (Å²) in [6.45, 7) is 0. The van der Waals surface area contributed by atoms with Crippen LogP contribution in [0.1, 0.15) is 22.3 Å². The Morgan fingerprint density at radius 1 is 0.321 bits per heavy atom. The predicted octanol–water partition coefficient (Wildman–Crippen LogP) is 12.1. The van der Waals surface area contributed by atoms with Crippen LogP contribution in [0.25, 0.3) is 67.2 Å². The molecule has 0 amide bonds. The van der Waals surface area contributed by atoms with E-state index in [9.17, 15) is 0 Å². The minimum absolute atomic E-state index is 0.440. The molecule has 3 heteroatoms. The summed E-state index contributed by atoms with van der Waals surface area (Å²) in [5.74, 6) is 1.95. The molecule has 0 spiro atoms. The zero-order valence-corrected chi connectivity index (χ0v) is 28.9. The van der Waals surface area contributed by atoms with E-state index in [-0.39, 0.29) is 0 Å². The van der Waals surface area contributed by atoms with Crippen LogP contribution in [-0.4, -0.2) is 15.0 Å². The molecular formula is C50H33N3. The van der Waals surface area contributed by atoms with Gasteiger partial charge in [-0.15, -0.1) is 0 Å². The van der Waals surface area contributed by atoms with Gasteiger partial charge < -0.3 is 0 Å². The van der Waals surface area contributed by atoms with Gasteiger partial charge in [-0.2, -0.15) is 0 Å². The van der Waals surface area contributed by atoms with Crippen molar-refractivity contribution in [3.05, 3.63) is 222 Å². The predicted molar refractivity (Wildman–Crippen MR) is 216 cm³/mol. The van der Waals surface area contributed by atoms with E-state index in [0.717, 1.165) is 27.8 Å². The second-order valence-electron chi connectivity index (χ2n) is 13.6. The highest BCUT2D eigenvalue weighted by atomic mass is 15.0. The van der Waals surface area contributed by atoms with Crippen molar-refractivity contribution in [2.24, 2.45) is 0 Å². The number of rotatable bonds is 6. The minimum atomic E-state index is -0.440. The molecular weight excluding hydrogens is 643 g/mol. The molecule has 1 heterocycles. The van der Waals surface area contributed by atoms with E-state index in [1.807, 2.05) is 60.7 Å². The third kappa shape index (κ3) is 5.09. The first-order chi connectivity index (χ1) is 26.3. The molecule has 0 radical (unpaired) electrons. The van der Waals surface area contributed by atoms with E-state index in [2.05, 4.69) is 140 Å². The van der Waals surface area contributed by atoms with Crippen molar-refractivity contribution in [3.63, 3.8) is 0 Å². The minimum Gasteiger partial charge on any atom is -0.208 e. The zero-order chi connectivity index (χ0) is 35.2. The van der Waals surface area contributed by atoms with Crippen LogP contribution >= 0.6 is 0 Å². The van der Waals surface area contributed by atoms with Gasteiger partial charge in [-0.1, -0.05) is 188 Å². The first-order valence-corrected chi connectivity index (χ1v) is 18.0. The normalized spacial score (nSPS) is 12.7. The maximum Gasteiger partial charge on any atom is 0.164 e. The Morgan fingerprint density at radius 2 is 0.792 bits per heavy atom. The van der Waals surface area contributed by atoms with Gasteiger partial charge in [-0.25, -0.2) is 15.0 Å². The quantitative estimate of drug-likeness (QED) is 0.176. The summed E-state index contributed by atoms with van der Waals surface area (Å²) in [5.41, 5.74) is 12.4. The lowest BCUT2D eigenvalue weighted by atomic mass is 9.67. The van der Waals surface area contributed by atoms with Crippen LogP contribution in [0.5, 0.6) is 0 Å². The fraction of sp³-hybridized carbons (Fsp3) is 0.0200. The molecule has 10 rings (SSSR count). The molecule has 8 aromatic carbocycles. The van der Waals surface area contributed by atoms with E-state index in [1.165, 1.54) is 44.2 Å². The van der Waals surface area contributed by atoms with Crippen molar-refractivity contribution in [3.8, 4) is 56.4 Å². The van der Waals surface area contributed by atoms with Gasteiger partial charge >= 0.3 is 0 Å². The first-order valence-electron chi connectivity index (χ1n) is 18.0. The van der Waals surface area contributed by atoms with Crippen molar-refractivity contribution < 1.29 is 0 Å². The molecule has 0 N–H and O–H groups in total. The maximum atomic E-state index is 5.01. The van der Waals surface area contributed by atoms with Gasteiger partial charge in [0.15, 0.2) is 17.5 Å². The van der Waals surface area contributed by atoms with Gasteiger partial charge in [-0.3, -0.25) is 0 Å². The summed E-state index contributed by atoms with van der Waals surface area (Å²) in [6, 6.07) is 71.2. The van der Waals surface area contributed by atoms with Crippen LogP contribution in [0.15, 0.2) is 200 Å². The molecule has 0 fully saturated rings. The van der Waals surface area contributed by atoms with Gasteiger partial charge in [0.25, 0.3) is 0 Å². The molecule has 3 nitrogen and oxygen atoms in total. The third-order valence-electron chi connectivity index (χ3n) is 10.6. The van der Waals surface area contributed by atoms with E-state index in [4.69, 9.17) is 15.0 Å². The second kappa shape index (κ2) is 12.7. The van der Waals surface area contributed by atoms with Crippen LogP contribution in [0.2, 0.25) is 0 Å². The Bertz CT molecular complexity index is 2660. The highest BCUT2D eigenvalue weighted by Crippen LogP contribution is 2.57. The highest BCUT2D eigenvalue weighted by Gasteiger charge is 2.46. The maximum absolute atomic E-state index is 5.01. The van der Waals surface area contributed by atoms with Gasteiger partial charge in [-0.05, 0) is 67.4 Å². The molecule has 53 heavy (non-hydrogen) atoms. The number of hydrogen-bond donors (Lipinski definition) is 0. The van der Waals surface area contributed by atoms with Crippen molar-refractivity contribution in [1.82, 2.24) is 15.0 Å². The summed E-state index contributed by atoms with van der Waals surface area (Å²) in [5, 5.41) is 2.46. The molecule has 0 aliphatic heterocycles. The van der Waals surface area contributed by atoms with Crippen LogP contribution in [0, 0.1) is 0 Å². The van der Waals surface area contributed by atoms with Crippen LogP contribution in [-0.2, 0) is 5.41 Å². The lowest BCUT2D eigenvalue weighted by Gasteiger charge is -2.33. The molecule has 0 atom stereocenters. The number of hydrogen-bond acceptors (Lipinski definition) is 3. The lowest BCUT2D eigenvalue weighted by molar-refractivity contribution is 0.769. The monoisotopic (exact) mass is 675 g/mol. The Hall–Kier alpha value is -6.97. The Morgan fingerprint density at radius 3 is 1.42 bits per heavy atom. The molecule has 9 aromatic rings. The number of aromatic nitrogens is 3. The molecule has 0 saturated carbocycles. The van der Waals surface area contributed by atoms with E-state index in [0.29, 0.717) is 17.5 Å². The van der Waals surface area contributed by atoms with Crippen molar-refractivity contribution in [1.29, 1.82) is 0 Å². The summed E-state index contributed by atoms with van der Waals surface area (Å²) in [7, 11) is 0. The Labute approximate surface area is 309 Å². The second-order valence-corrected chi connectivity index (χ2v) is 13.6. The van der Waals surface area contributed by atoms with Gasteiger partial charge in [0.1, 0.15) is 0 Å². The molecule has 1 aliphatic carbocycles. The molecule has 0 saturated heterocycles. The smallest absolute Gasteiger partial charge is 0.164 e. The molecule has 0 unspecified atom stereocenters. The fourth-order valence-electron chi connectivity index (χ4n) is 8.22. The summed E-state index contributed by atoms with van der Waals surface area (Å²) >= 11 is 0. The van der Waals surface area contributed by atoms with Crippen molar-refractivity contribution in [2.75, 3.05) is 0 Å². The molecule has 0 bridgehead atoms. The van der Waals surface area contributed by atoms with E-state index < -0.39 is 5.41 Å². The van der Waals surface area contributed by atoms with Gasteiger partial charge in [0.05, 0.1) is 5.41 Å². The van der Waals surface area contributed by atoms with E-state index >= 15 is 0 Å². The first kappa shape index (κ1) is 30.8. The highest BCUT2D eigenvalue weighted by molar-refractivity contribution is 6.05. The summed E-state index contributed by atoms with van der Waals surface area (Å²) in [4.78, 5) is 14.9. The zero-order valence-electron chi connectivity index (χ0n) is 28.9. The Balaban J connectivity index is 1.15. The standard InChI is InChI=1S/C50H33N3/c1-5-16-35(17-6-1)47-51-48(36-18-7-2-8-19-36)53-49(52-47)39-21-15-20-37(32-39)38-29-28-34-30-31-45-46(43(34)33-38)42-26-13-14-27-44(42)50(45,40-22-9-3-10-23-40)41-24-11-4-12-25-41/h1-33H. The van der Waals surface area contributed by atoms with Crippen LogP contribution in [0.4, 0.5) is 0 Å². The molecule has 1 aromatic heterocycles. The largest absolute Gasteiger partial charge is 0.208 e. The summed E-state index contributed by atoms with van der Waals surface area (Å²) < 4.78 is 0. The number of nitrogens with zero attached hydrogens (tertiary/aromatic N) is 3. The lowest BCUT2D eigenvalue weighted by Crippen LogP contribution is -2.28. The van der Waals surface area contributed by atoms with Crippen LogP contribution < -0.4 is 0 Å². The average molecular weight is 676 g/mol. The molecule has 1 aliphatic rings. The fourth-order valence-corrected chi connectivity index (χ4v) is 8.22. The third-order valence-corrected chi connectivity index (χ3v) is 10.6. The topological polar surface area (TPSA) is 38.7 Å².